The van der Waals surface area contributed by atoms with Crippen molar-refractivity contribution in [1.82, 2.24) is 19.7 Å². The third-order valence-corrected chi connectivity index (χ3v) is 5.09. The van der Waals surface area contributed by atoms with Crippen molar-refractivity contribution in [2.45, 2.75) is 59.7 Å². The summed E-state index contributed by atoms with van der Waals surface area (Å²) in [5.74, 6) is 0.198. The maximum atomic E-state index is 12.7. The minimum absolute atomic E-state index is 0.104. The Hall–Kier alpha value is -1.95. The lowest BCUT2D eigenvalue weighted by atomic mass is 9.99. The summed E-state index contributed by atoms with van der Waals surface area (Å²) in [4.78, 5) is 19.3. The Kier molecular flexibility index (Phi) is 4.82. The highest BCUT2D eigenvalue weighted by Gasteiger charge is 2.26. The van der Waals surface area contributed by atoms with E-state index in [0.29, 0.717) is 25.9 Å². The van der Waals surface area contributed by atoms with Gasteiger partial charge in [0.05, 0.1) is 17.9 Å². The summed E-state index contributed by atoms with van der Waals surface area (Å²) >= 11 is 0. The molecule has 0 bridgehead atoms. The lowest BCUT2D eigenvalue weighted by molar-refractivity contribution is -0.143. The van der Waals surface area contributed by atoms with Crippen molar-refractivity contribution in [3.05, 3.63) is 22.5 Å². The number of nitrogens with zero attached hydrogens (tertiary/aromatic N) is 4. The first-order valence-corrected chi connectivity index (χ1v) is 9.00. The summed E-state index contributed by atoms with van der Waals surface area (Å²) < 4.78 is 7.55. The van der Waals surface area contributed by atoms with Crippen molar-refractivity contribution >= 4 is 16.9 Å². The number of amides is 1. The second kappa shape index (κ2) is 6.75. The van der Waals surface area contributed by atoms with Gasteiger partial charge in [0.25, 0.3) is 0 Å². The third-order valence-electron chi connectivity index (χ3n) is 5.09. The number of fused-ring (bicyclic) bond motifs is 1. The minimum Gasteiger partial charge on any atom is -0.372 e. The Bertz CT molecular complexity index is 802. The molecule has 0 N–H and O–H groups in total. The van der Waals surface area contributed by atoms with Crippen LogP contribution >= 0.6 is 0 Å². The van der Waals surface area contributed by atoms with E-state index in [1.165, 1.54) is 11.1 Å². The van der Waals surface area contributed by atoms with E-state index in [9.17, 15) is 4.79 Å². The highest BCUT2D eigenvalue weighted by atomic mass is 16.5. The Labute approximate surface area is 149 Å². The molecule has 0 aromatic carbocycles. The van der Waals surface area contributed by atoms with Crippen LogP contribution in [0.25, 0.3) is 11.0 Å². The highest BCUT2D eigenvalue weighted by molar-refractivity contribution is 5.84. The van der Waals surface area contributed by atoms with Gasteiger partial charge < -0.3 is 9.64 Å². The Balaban J connectivity index is 1.79. The second-order valence-corrected chi connectivity index (χ2v) is 7.26. The van der Waals surface area contributed by atoms with Gasteiger partial charge in [0.2, 0.25) is 5.91 Å². The maximum absolute atomic E-state index is 12.7. The molecule has 0 radical (unpaired) electrons. The molecule has 3 heterocycles. The number of rotatable bonds is 3. The molecule has 2 aromatic heterocycles. The number of aryl methyl sites for hydroxylation is 4. The number of hydrogen-bond acceptors (Lipinski definition) is 4. The van der Waals surface area contributed by atoms with Crippen molar-refractivity contribution in [2.75, 3.05) is 13.1 Å². The fourth-order valence-corrected chi connectivity index (χ4v) is 4.00. The van der Waals surface area contributed by atoms with Gasteiger partial charge in [0.1, 0.15) is 0 Å². The molecule has 2 unspecified atom stereocenters. The average molecular weight is 344 g/mol. The summed E-state index contributed by atoms with van der Waals surface area (Å²) in [6, 6.07) is 0. The van der Waals surface area contributed by atoms with Gasteiger partial charge in [0, 0.05) is 37.6 Å². The van der Waals surface area contributed by atoms with Crippen LogP contribution in [0.2, 0.25) is 0 Å². The molecule has 1 aliphatic heterocycles. The summed E-state index contributed by atoms with van der Waals surface area (Å²) in [6.45, 7) is 11.6. The van der Waals surface area contributed by atoms with Gasteiger partial charge in [-0.1, -0.05) is 0 Å². The SMILES string of the molecule is Cc1nc2c(c(C)nn2C)c(C)c1CCC(=O)N1CC(C)OC(C)C1. The molecule has 1 amide bonds. The van der Waals surface area contributed by atoms with Crippen LogP contribution < -0.4 is 0 Å². The van der Waals surface area contributed by atoms with Gasteiger partial charge in [-0.3, -0.25) is 9.48 Å². The predicted molar refractivity (Wildman–Crippen MR) is 97.6 cm³/mol. The van der Waals surface area contributed by atoms with Gasteiger partial charge in [-0.2, -0.15) is 5.10 Å². The van der Waals surface area contributed by atoms with E-state index >= 15 is 0 Å². The van der Waals surface area contributed by atoms with Crippen LogP contribution in [-0.4, -0.2) is 50.9 Å². The monoisotopic (exact) mass is 344 g/mol. The Morgan fingerprint density at radius 3 is 2.44 bits per heavy atom. The first-order chi connectivity index (χ1) is 11.8. The lowest BCUT2D eigenvalue weighted by Gasteiger charge is -2.35. The zero-order valence-electron chi connectivity index (χ0n) is 16.1. The molecule has 0 spiro atoms. The number of carbonyl (C=O) groups excluding carboxylic acids is 1. The molecule has 2 aromatic rings. The molecule has 0 aliphatic carbocycles. The van der Waals surface area contributed by atoms with Gasteiger partial charge in [-0.05, 0) is 52.2 Å². The molecule has 6 heteroatoms. The molecule has 2 atom stereocenters. The van der Waals surface area contributed by atoms with E-state index < -0.39 is 0 Å². The van der Waals surface area contributed by atoms with Gasteiger partial charge >= 0.3 is 0 Å². The van der Waals surface area contributed by atoms with E-state index in [0.717, 1.165) is 22.4 Å². The van der Waals surface area contributed by atoms with Crippen molar-refractivity contribution in [2.24, 2.45) is 7.05 Å². The van der Waals surface area contributed by atoms with Crippen molar-refractivity contribution in [3.8, 4) is 0 Å². The lowest BCUT2D eigenvalue weighted by Crippen LogP contribution is -2.48. The summed E-state index contributed by atoms with van der Waals surface area (Å²) in [6.07, 6.45) is 1.43. The fourth-order valence-electron chi connectivity index (χ4n) is 4.00. The van der Waals surface area contributed by atoms with Gasteiger partial charge in [-0.15, -0.1) is 0 Å². The van der Waals surface area contributed by atoms with Gasteiger partial charge in [0.15, 0.2) is 5.65 Å². The summed E-state index contributed by atoms with van der Waals surface area (Å²) in [5.41, 5.74) is 5.27. The standard InChI is InChI=1S/C19H28N4O2/c1-11-9-23(10-12(2)25-11)17(24)8-7-16-13(3)18-15(5)21-22(6)19(18)20-14(16)4/h11-12H,7-10H2,1-6H3. The molecule has 3 rings (SSSR count). The number of pyridine rings is 1. The number of hydrogen-bond donors (Lipinski definition) is 0. The molecule has 1 fully saturated rings. The van der Waals surface area contributed by atoms with E-state index in [-0.39, 0.29) is 18.1 Å². The second-order valence-electron chi connectivity index (χ2n) is 7.26. The topological polar surface area (TPSA) is 60.2 Å². The van der Waals surface area contributed by atoms with E-state index in [1.807, 2.05) is 44.3 Å². The van der Waals surface area contributed by atoms with E-state index in [4.69, 9.17) is 9.72 Å². The van der Waals surface area contributed by atoms with Crippen molar-refractivity contribution < 1.29 is 9.53 Å². The molecular formula is C19H28N4O2. The Morgan fingerprint density at radius 1 is 1.16 bits per heavy atom. The normalized spacial score (nSPS) is 21.1. The van der Waals surface area contributed by atoms with Crippen LogP contribution in [0.5, 0.6) is 0 Å². The molecule has 6 nitrogen and oxygen atoms in total. The van der Waals surface area contributed by atoms with E-state index in [1.54, 1.807) is 0 Å². The van der Waals surface area contributed by atoms with Crippen LogP contribution in [0, 0.1) is 20.8 Å². The van der Waals surface area contributed by atoms with Crippen LogP contribution in [0.3, 0.4) is 0 Å². The third kappa shape index (κ3) is 3.40. The molecule has 1 saturated heterocycles. The average Bonchev–Trinajstić information content (AvgIpc) is 2.80. The van der Waals surface area contributed by atoms with E-state index in [2.05, 4.69) is 12.0 Å². The smallest absolute Gasteiger partial charge is 0.223 e. The maximum Gasteiger partial charge on any atom is 0.223 e. The van der Waals surface area contributed by atoms with Crippen LogP contribution in [0.4, 0.5) is 0 Å². The first kappa shape index (κ1) is 17.9. The van der Waals surface area contributed by atoms with Crippen molar-refractivity contribution in [3.63, 3.8) is 0 Å². The molecule has 136 valence electrons. The predicted octanol–water partition coefficient (Wildman–Crippen LogP) is 2.46. The summed E-state index contributed by atoms with van der Waals surface area (Å²) in [5, 5.41) is 5.60. The van der Waals surface area contributed by atoms with Crippen molar-refractivity contribution in [1.29, 1.82) is 0 Å². The quantitative estimate of drug-likeness (QED) is 0.858. The zero-order chi connectivity index (χ0) is 18.3. The number of ether oxygens (including phenoxy) is 1. The molecule has 1 aliphatic rings. The summed E-state index contributed by atoms with van der Waals surface area (Å²) in [7, 11) is 1.92. The number of aromatic nitrogens is 3. The molecular weight excluding hydrogens is 316 g/mol. The van der Waals surface area contributed by atoms with Crippen LogP contribution in [0.15, 0.2) is 0 Å². The zero-order valence-corrected chi connectivity index (χ0v) is 16.1. The highest BCUT2D eigenvalue weighted by Crippen LogP contribution is 2.26. The molecule has 0 saturated carbocycles. The van der Waals surface area contributed by atoms with Crippen LogP contribution in [0.1, 0.15) is 42.8 Å². The molecule has 25 heavy (non-hydrogen) atoms. The Morgan fingerprint density at radius 2 is 1.80 bits per heavy atom. The largest absolute Gasteiger partial charge is 0.372 e. The minimum atomic E-state index is 0.104. The van der Waals surface area contributed by atoms with Crippen LogP contribution in [-0.2, 0) is 23.0 Å². The number of carbonyl (C=O) groups is 1. The fraction of sp³-hybridized carbons (Fsp3) is 0.632. The van der Waals surface area contributed by atoms with Gasteiger partial charge in [-0.25, -0.2) is 4.98 Å². The first-order valence-electron chi connectivity index (χ1n) is 9.00. The number of morpholine rings is 1.